The van der Waals surface area contributed by atoms with Crippen LogP contribution in [0.25, 0.3) is 11.4 Å². The van der Waals surface area contributed by atoms with Crippen molar-refractivity contribution in [3.8, 4) is 17.1 Å². The van der Waals surface area contributed by atoms with Crippen LogP contribution in [0.4, 0.5) is 0 Å². The number of carbonyl (C=O) groups is 1. The summed E-state index contributed by atoms with van der Waals surface area (Å²) in [7, 11) is 1.57. The monoisotopic (exact) mass is 392 g/mol. The molecule has 1 aromatic carbocycles. The number of hydrogen-bond donors (Lipinski definition) is 2. The van der Waals surface area contributed by atoms with E-state index in [0.29, 0.717) is 39.6 Å². The predicted molar refractivity (Wildman–Crippen MR) is 99.3 cm³/mol. The summed E-state index contributed by atoms with van der Waals surface area (Å²) < 4.78 is 10.5. The van der Waals surface area contributed by atoms with Gasteiger partial charge in [0.05, 0.1) is 30.7 Å². The SMILES string of the molecule is COc1ccc(Cl)cc1-c1nc(S[C@@H](C)C(=O)NCc2ccco2)n[nH]1. The van der Waals surface area contributed by atoms with Gasteiger partial charge in [0.1, 0.15) is 11.5 Å². The molecule has 1 atom stereocenters. The zero-order valence-corrected chi connectivity index (χ0v) is 15.7. The molecule has 9 heteroatoms. The van der Waals surface area contributed by atoms with Gasteiger partial charge in [-0.25, -0.2) is 4.98 Å². The number of ether oxygens (including phenoxy) is 1. The van der Waals surface area contributed by atoms with E-state index in [1.165, 1.54) is 11.8 Å². The minimum Gasteiger partial charge on any atom is -0.496 e. The maximum atomic E-state index is 12.2. The molecule has 136 valence electrons. The van der Waals surface area contributed by atoms with Crippen molar-refractivity contribution in [3.05, 3.63) is 47.4 Å². The lowest BCUT2D eigenvalue weighted by molar-refractivity contribution is -0.120. The maximum absolute atomic E-state index is 12.2. The van der Waals surface area contributed by atoms with Gasteiger partial charge in [-0.15, -0.1) is 5.10 Å². The minimum absolute atomic E-state index is 0.127. The zero-order chi connectivity index (χ0) is 18.5. The lowest BCUT2D eigenvalue weighted by Gasteiger charge is -2.08. The quantitative estimate of drug-likeness (QED) is 0.597. The highest BCUT2D eigenvalue weighted by Gasteiger charge is 2.18. The number of amides is 1. The molecule has 3 aromatic rings. The molecule has 0 saturated heterocycles. The van der Waals surface area contributed by atoms with E-state index in [9.17, 15) is 4.79 Å². The van der Waals surface area contributed by atoms with Crippen molar-refractivity contribution in [3.63, 3.8) is 0 Å². The summed E-state index contributed by atoms with van der Waals surface area (Å²) in [6.07, 6.45) is 1.57. The Labute approximate surface area is 159 Å². The third-order valence-corrected chi connectivity index (χ3v) is 4.75. The molecule has 0 aliphatic rings. The average molecular weight is 393 g/mol. The second-order valence-electron chi connectivity index (χ2n) is 5.37. The number of hydrogen-bond acceptors (Lipinski definition) is 6. The Morgan fingerprint density at radius 1 is 1.46 bits per heavy atom. The first kappa shape index (κ1) is 18.3. The molecule has 0 saturated carbocycles. The number of rotatable bonds is 7. The number of carbonyl (C=O) groups excluding carboxylic acids is 1. The number of thioether (sulfide) groups is 1. The second-order valence-corrected chi connectivity index (χ2v) is 7.11. The summed E-state index contributed by atoms with van der Waals surface area (Å²) in [5.41, 5.74) is 0.703. The van der Waals surface area contributed by atoms with Gasteiger partial charge < -0.3 is 14.5 Å². The first-order chi connectivity index (χ1) is 12.6. The standard InChI is InChI=1S/C17H17ClN4O3S/c1-10(16(23)19-9-12-4-3-7-25-12)26-17-20-15(21-22-17)13-8-11(18)5-6-14(13)24-2/h3-8,10H,9H2,1-2H3,(H,19,23)(H,20,21,22)/t10-/m0/s1. The van der Waals surface area contributed by atoms with Crippen LogP contribution in [0.15, 0.2) is 46.2 Å². The molecule has 2 heterocycles. The number of nitrogens with zero attached hydrogens (tertiary/aromatic N) is 2. The third-order valence-electron chi connectivity index (χ3n) is 3.55. The van der Waals surface area contributed by atoms with Crippen molar-refractivity contribution in [1.82, 2.24) is 20.5 Å². The van der Waals surface area contributed by atoms with E-state index < -0.39 is 0 Å². The Kier molecular flexibility index (Phi) is 5.85. The Morgan fingerprint density at radius 3 is 3.04 bits per heavy atom. The highest BCUT2D eigenvalue weighted by molar-refractivity contribution is 8.00. The number of furan rings is 1. The van der Waals surface area contributed by atoms with Gasteiger partial charge in [-0.2, -0.15) is 0 Å². The summed E-state index contributed by atoms with van der Waals surface area (Å²) >= 11 is 7.30. The van der Waals surface area contributed by atoms with Crippen LogP contribution in [-0.4, -0.2) is 33.4 Å². The number of aromatic amines is 1. The van der Waals surface area contributed by atoms with Crippen LogP contribution < -0.4 is 10.1 Å². The molecule has 2 N–H and O–H groups in total. The summed E-state index contributed by atoms with van der Waals surface area (Å²) in [6, 6.07) is 8.82. The van der Waals surface area contributed by atoms with Crippen molar-refractivity contribution >= 4 is 29.3 Å². The molecule has 0 bridgehead atoms. The molecule has 26 heavy (non-hydrogen) atoms. The highest BCUT2D eigenvalue weighted by Crippen LogP contribution is 2.31. The fourth-order valence-electron chi connectivity index (χ4n) is 2.23. The van der Waals surface area contributed by atoms with Gasteiger partial charge in [-0.05, 0) is 37.3 Å². The number of nitrogens with one attached hydrogen (secondary N) is 2. The van der Waals surface area contributed by atoms with E-state index in [-0.39, 0.29) is 11.2 Å². The van der Waals surface area contributed by atoms with Crippen molar-refractivity contribution in [1.29, 1.82) is 0 Å². The minimum atomic E-state index is -0.366. The molecule has 0 fully saturated rings. The van der Waals surface area contributed by atoms with Crippen LogP contribution in [0, 0.1) is 0 Å². The van der Waals surface area contributed by atoms with Crippen molar-refractivity contribution in [2.75, 3.05) is 7.11 Å². The van der Waals surface area contributed by atoms with Crippen LogP contribution in [0.5, 0.6) is 5.75 Å². The molecule has 0 aliphatic heterocycles. The molecular formula is C17H17ClN4O3S. The van der Waals surface area contributed by atoms with Crippen molar-refractivity contribution in [2.45, 2.75) is 23.9 Å². The highest BCUT2D eigenvalue weighted by atomic mass is 35.5. The largest absolute Gasteiger partial charge is 0.496 e. The molecule has 3 rings (SSSR count). The lowest BCUT2D eigenvalue weighted by Crippen LogP contribution is -2.30. The lowest BCUT2D eigenvalue weighted by atomic mass is 10.2. The van der Waals surface area contributed by atoms with E-state index in [1.54, 1.807) is 50.6 Å². The van der Waals surface area contributed by atoms with E-state index in [4.69, 9.17) is 20.8 Å². The van der Waals surface area contributed by atoms with Crippen LogP contribution >= 0.6 is 23.4 Å². The van der Waals surface area contributed by atoms with Crippen LogP contribution in [0.3, 0.4) is 0 Å². The Morgan fingerprint density at radius 2 is 2.31 bits per heavy atom. The van der Waals surface area contributed by atoms with Gasteiger partial charge in [0.15, 0.2) is 5.82 Å². The number of methoxy groups -OCH3 is 1. The number of H-pyrrole nitrogens is 1. The van der Waals surface area contributed by atoms with Gasteiger partial charge in [-0.1, -0.05) is 23.4 Å². The predicted octanol–water partition coefficient (Wildman–Crippen LogP) is 3.52. The number of halogens is 1. The molecule has 0 spiro atoms. The number of benzene rings is 1. The van der Waals surface area contributed by atoms with Gasteiger partial charge in [0, 0.05) is 5.02 Å². The summed E-state index contributed by atoms with van der Waals surface area (Å²) in [4.78, 5) is 16.6. The molecule has 0 radical (unpaired) electrons. The Hall–Kier alpha value is -2.45. The first-order valence-electron chi connectivity index (χ1n) is 7.80. The van der Waals surface area contributed by atoms with E-state index in [2.05, 4.69) is 20.5 Å². The van der Waals surface area contributed by atoms with Crippen molar-refractivity contribution < 1.29 is 13.9 Å². The normalized spacial score (nSPS) is 12.0. The smallest absolute Gasteiger partial charge is 0.233 e. The van der Waals surface area contributed by atoms with Gasteiger partial charge in [0.25, 0.3) is 0 Å². The second kappa shape index (κ2) is 8.29. The van der Waals surface area contributed by atoms with Crippen molar-refractivity contribution in [2.24, 2.45) is 0 Å². The van der Waals surface area contributed by atoms with Gasteiger partial charge >= 0.3 is 0 Å². The fraction of sp³-hybridized carbons (Fsp3) is 0.235. The zero-order valence-electron chi connectivity index (χ0n) is 14.2. The summed E-state index contributed by atoms with van der Waals surface area (Å²) in [5, 5.41) is 10.5. The van der Waals surface area contributed by atoms with Crippen LogP contribution in [0.2, 0.25) is 5.02 Å². The van der Waals surface area contributed by atoms with Crippen LogP contribution in [-0.2, 0) is 11.3 Å². The topological polar surface area (TPSA) is 93.0 Å². The van der Waals surface area contributed by atoms with E-state index in [1.807, 2.05) is 0 Å². The maximum Gasteiger partial charge on any atom is 0.233 e. The summed E-state index contributed by atoms with van der Waals surface area (Å²) in [5.74, 6) is 1.73. The van der Waals surface area contributed by atoms with E-state index in [0.717, 1.165) is 0 Å². The van der Waals surface area contributed by atoms with Gasteiger partial charge in [0.2, 0.25) is 11.1 Å². The fourth-order valence-corrected chi connectivity index (χ4v) is 3.15. The molecule has 7 nitrogen and oxygen atoms in total. The average Bonchev–Trinajstić information content (AvgIpc) is 3.31. The number of aromatic nitrogens is 3. The first-order valence-corrected chi connectivity index (χ1v) is 9.05. The Bertz CT molecular complexity index is 882. The molecular weight excluding hydrogens is 376 g/mol. The van der Waals surface area contributed by atoms with Gasteiger partial charge in [-0.3, -0.25) is 9.89 Å². The summed E-state index contributed by atoms with van der Waals surface area (Å²) in [6.45, 7) is 2.13. The Balaban J connectivity index is 1.64. The molecule has 1 amide bonds. The molecule has 0 unspecified atom stereocenters. The molecule has 2 aromatic heterocycles. The molecule has 0 aliphatic carbocycles. The van der Waals surface area contributed by atoms with E-state index >= 15 is 0 Å². The third kappa shape index (κ3) is 4.39. The van der Waals surface area contributed by atoms with Crippen LogP contribution in [0.1, 0.15) is 12.7 Å².